The van der Waals surface area contributed by atoms with E-state index in [4.69, 9.17) is 14.1 Å². The first-order valence-corrected chi connectivity index (χ1v) is 8.70. The molecule has 1 saturated heterocycles. The van der Waals surface area contributed by atoms with E-state index in [1.165, 1.54) is 11.0 Å². The summed E-state index contributed by atoms with van der Waals surface area (Å²) in [7, 11) is 0. The number of hydrogen-bond donors (Lipinski definition) is 0. The Kier molecular flexibility index (Phi) is 3.57. The largest absolute Gasteiger partial charge is 0.463 e. The summed E-state index contributed by atoms with van der Waals surface area (Å²) >= 11 is 0. The molecule has 1 aromatic carbocycles. The van der Waals surface area contributed by atoms with Gasteiger partial charge in [-0.25, -0.2) is 4.98 Å². The summed E-state index contributed by atoms with van der Waals surface area (Å²) in [6.45, 7) is 5.57. The molecule has 3 aromatic heterocycles. The molecule has 25 heavy (non-hydrogen) atoms. The molecule has 0 amide bonds. The van der Waals surface area contributed by atoms with E-state index in [1.54, 1.807) is 6.26 Å². The fourth-order valence-corrected chi connectivity index (χ4v) is 3.57. The SMILES string of the molecule is c1coc(-c2cn3c4ccccc4n(CCN4CCOCC4)c3n2)c1. The molecule has 0 unspecified atom stereocenters. The third kappa shape index (κ3) is 2.54. The number of morpholine rings is 1. The lowest BCUT2D eigenvalue weighted by atomic mass is 10.3. The summed E-state index contributed by atoms with van der Waals surface area (Å²) in [5.74, 6) is 1.76. The van der Waals surface area contributed by atoms with E-state index >= 15 is 0 Å². The molecule has 6 nitrogen and oxygen atoms in total. The Hall–Kier alpha value is -2.57. The molecular weight excluding hydrogens is 316 g/mol. The number of para-hydroxylation sites is 2. The fourth-order valence-electron chi connectivity index (χ4n) is 3.57. The van der Waals surface area contributed by atoms with Crippen LogP contribution in [0.4, 0.5) is 0 Å². The third-order valence-corrected chi connectivity index (χ3v) is 4.88. The molecule has 1 fully saturated rings. The summed E-state index contributed by atoms with van der Waals surface area (Å²) in [5.41, 5.74) is 3.25. The van der Waals surface area contributed by atoms with Gasteiger partial charge in [-0.3, -0.25) is 9.30 Å². The first-order valence-electron chi connectivity index (χ1n) is 8.70. The smallest absolute Gasteiger partial charge is 0.215 e. The van der Waals surface area contributed by atoms with Crippen molar-refractivity contribution < 1.29 is 9.15 Å². The van der Waals surface area contributed by atoms with Crippen LogP contribution in [0, 0.1) is 0 Å². The van der Waals surface area contributed by atoms with Crippen molar-refractivity contribution in [3.63, 3.8) is 0 Å². The van der Waals surface area contributed by atoms with Crippen LogP contribution in [0.5, 0.6) is 0 Å². The molecule has 0 radical (unpaired) electrons. The van der Waals surface area contributed by atoms with Crippen LogP contribution in [0.2, 0.25) is 0 Å². The molecule has 128 valence electrons. The highest BCUT2D eigenvalue weighted by Gasteiger charge is 2.17. The van der Waals surface area contributed by atoms with Crippen molar-refractivity contribution in [3.05, 3.63) is 48.9 Å². The second-order valence-corrected chi connectivity index (χ2v) is 6.37. The first kappa shape index (κ1) is 14.7. The average molecular weight is 336 g/mol. The highest BCUT2D eigenvalue weighted by Crippen LogP contribution is 2.25. The van der Waals surface area contributed by atoms with Gasteiger partial charge in [0.05, 0.1) is 30.5 Å². The average Bonchev–Trinajstić information content (AvgIpc) is 3.37. The zero-order chi connectivity index (χ0) is 16.6. The molecule has 1 aliphatic rings. The second kappa shape index (κ2) is 6.06. The summed E-state index contributed by atoms with van der Waals surface area (Å²) < 4.78 is 15.4. The van der Waals surface area contributed by atoms with Gasteiger partial charge in [0.1, 0.15) is 5.69 Å². The first-order chi connectivity index (χ1) is 12.4. The Morgan fingerprint density at radius 1 is 0.960 bits per heavy atom. The Labute approximate surface area is 145 Å². The van der Waals surface area contributed by atoms with Crippen LogP contribution in [-0.2, 0) is 11.3 Å². The molecule has 0 N–H and O–H groups in total. The molecule has 0 saturated carbocycles. The van der Waals surface area contributed by atoms with E-state index in [2.05, 4.69) is 44.3 Å². The molecule has 0 atom stereocenters. The summed E-state index contributed by atoms with van der Waals surface area (Å²) in [4.78, 5) is 7.29. The normalized spacial score (nSPS) is 16.2. The quantitative estimate of drug-likeness (QED) is 0.575. The lowest BCUT2D eigenvalue weighted by molar-refractivity contribution is 0.0366. The van der Waals surface area contributed by atoms with Crippen LogP contribution >= 0.6 is 0 Å². The van der Waals surface area contributed by atoms with E-state index < -0.39 is 0 Å². The maximum atomic E-state index is 5.52. The number of hydrogen-bond acceptors (Lipinski definition) is 4. The highest BCUT2D eigenvalue weighted by molar-refractivity contribution is 5.82. The minimum Gasteiger partial charge on any atom is -0.463 e. The molecule has 6 heteroatoms. The molecule has 1 aliphatic heterocycles. The predicted octanol–water partition coefficient (Wildman–Crippen LogP) is 2.88. The van der Waals surface area contributed by atoms with Crippen molar-refractivity contribution >= 4 is 16.8 Å². The third-order valence-electron chi connectivity index (χ3n) is 4.88. The molecule has 4 aromatic rings. The molecular formula is C19H20N4O2. The number of benzene rings is 1. The highest BCUT2D eigenvalue weighted by atomic mass is 16.5. The lowest BCUT2D eigenvalue weighted by Crippen LogP contribution is -2.38. The number of nitrogens with zero attached hydrogens (tertiary/aromatic N) is 4. The van der Waals surface area contributed by atoms with E-state index in [9.17, 15) is 0 Å². The number of fused-ring (bicyclic) bond motifs is 3. The number of imidazole rings is 2. The van der Waals surface area contributed by atoms with Crippen molar-refractivity contribution in [1.29, 1.82) is 0 Å². The van der Waals surface area contributed by atoms with Crippen molar-refractivity contribution in [3.8, 4) is 11.5 Å². The molecule has 0 bridgehead atoms. The standard InChI is InChI=1S/C19H20N4O2/c1-2-5-17-16(4-1)22(8-7-21-9-12-24-13-10-21)19-20-15(14-23(17)19)18-6-3-11-25-18/h1-6,11,14H,7-10,12-13H2. The summed E-state index contributed by atoms with van der Waals surface area (Å²) in [6, 6.07) is 12.3. The van der Waals surface area contributed by atoms with E-state index in [-0.39, 0.29) is 0 Å². The van der Waals surface area contributed by atoms with Crippen LogP contribution in [0.25, 0.3) is 28.3 Å². The molecule has 5 rings (SSSR count). The van der Waals surface area contributed by atoms with E-state index in [0.717, 1.165) is 56.6 Å². The zero-order valence-electron chi connectivity index (χ0n) is 14.0. The van der Waals surface area contributed by atoms with Crippen LogP contribution in [0.1, 0.15) is 0 Å². The molecule has 0 aliphatic carbocycles. The second-order valence-electron chi connectivity index (χ2n) is 6.37. The summed E-state index contributed by atoms with van der Waals surface area (Å²) in [6.07, 6.45) is 3.74. The van der Waals surface area contributed by atoms with Gasteiger partial charge in [0, 0.05) is 32.4 Å². The number of aromatic nitrogens is 3. The van der Waals surface area contributed by atoms with Crippen LogP contribution in [0.3, 0.4) is 0 Å². The minimum atomic E-state index is 0.799. The van der Waals surface area contributed by atoms with Crippen LogP contribution in [0.15, 0.2) is 53.3 Å². The number of furan rings is 1. The van der Waals surface area contributed by atoms with Gasteiger partial charge >= 0.3 is 0 Å². The van der Waals surface area contributed by atoms with Crippen LogP contribution in [-0.4, -0.2) is 51.7 Å². The maximum absolute atomic E-state index is 5.52. The Morgan fingerprint density at radius 3 is 2.60 bits per heavy atom. The van der Waals surface area contributed by atoms with E-state index in [1.807, 2.05) is 12.1 Å². The van der Waals surface area contributed by atoms with Gasteiger partial charge in [0.2, 0.25) is 5.78 Å². The Balaban J connectivity index is 1.56. The minimum absolute atomic E-state index is 0.799. The van der Waals surface area contributed by atoms with E-state index in [0.29, 0.717) is 0 Å². The predicted molar refractivity (Wildman–Crippen MR) is 95.6 cm³/mol. The van der Waals surface area contributed by atoms with Crippen molar-refractivity contribution in [2.24, 2.45) is 0 Å². The fraction of sp³-hybridized carbons (Fsp3) is 0.316. The lowest BCUT2D eigenvalue weighted by Gasteiger charge is -2.26. The topological polar surface area (TPSA) is 47.8 Å². The van der Waals surface area contributed by atoms with Gasteiger partial charge in [-0.05, 0) is 24.3 Å². The van der Waals surface area contributed by atoms with Gasteiger partial charge in [-0.1, -0.05) is 12.1 Å². The van der Waals surface area contributed by atoms with Crippen LogP contribution < -0.4 is 0 Å². The van der Waals surface area contributed by atoms with Gasteiger partial charge in [-0.15, -0.1) is 0 Å². The number of rotatable bonds is 4. The Bertz CT molecular complexity index is 993. The van der Waals surface area contributed by atoms with Gasteiger partial charge in [0.15, 0.2) is 5.76 Å². The number of ether oxygens (including phenoxy) is 1. The van der Waals surface area contributed by atoms with Gasteiger partial charge < -0.3 is 13.7 Å². The Morgan fingerprint density at radius 2 is 1.80 bits per heavy atom. The molecule has 0 spiro atoms. The zero-order valence-corrected chi connectivity index (χ0v) is 14.0. The molecule has 4 heterocycles. The summed E-state index contributed by atoms with van der Waals surface area (Å²) in [5, 5.41) is 0. The monoisotopic (exact) mass is 336 g/mol. The van der Waals surface area contributed by atoms with Crippen molar-refractivity contribution in [2.75, 3.05) is 32.8 Å². The van der Waals surface area contributed by atoms with Crippen molar-refractivity contribution in [1.82, 2.24) is 18.9 Å². The van der Waals surface area contributed by atoms with Crippen molar-refractivity contribution in [2.45, 2.75) is 6.54 Å². The maximum Gasteiger partial charge on any atom is 0.215 e. The van der Waals surface area contributed by atoms with Gasteiger partial charge in [-0.2, -0.15) is 0 Å². The van der Waals surface area contributed by atoms with Gasteiger partial charge in [0.25, 0.3) is 0 Å².